The third-order valence-electron chi connectivity index (χ3n) is 4.88. The predicted octanol–water partition coefficient (Wildman–Crippen LogP) is 5.13. The van der Waals surface area contributed by atoms with Gasteiger partial charge in [0.15, 0.2) is 16.8 Å². The summed E-state index contributed by atoms with van der Waals surface area (Å²) in [7, 11) is 0. The van der Waals surface area contributed by atoms with Gasteiger partial charge in [-0.2, -0.15) is 0 Å². The molecule has 1 heterocycles. The highest BCUT2D eigenvalue weighted by Gasteiger charge is 2.18. The maximum absolute atomic E-state index is 12.6. The number of carbonyl (C=O) groups excluding carboxylic acids is 2. The molecule has 0 bridgehead atoms. The summed E-state index contributed by atoms with van der Waals surface area (Å²) in [4.78, 5) is 25.2. The number of aromatic nitrogens is 3. The van der Waals surface area contributed by atoms with Gasteiger partial charge in [-0.1, -0.05) is 77.5 Å². The molecular formula is C25H21ClN4O2S. The molecule has 0 atom stereocenters. The van der Waals surface area contributed by atoms with Crippen LogP contribution < -0.4 is 5.32 Å². The quantitative estimate of drug-likeness (QED) is 0.281. The number of hydrogen-bond acceptors (Lipinski definition) is 5. The monoisotopic (exact) mass is 476 g/mol. The second-order valence-electron chi connectivity index (χ2n) is 7.34. The number of nitrogens with one attached hydrogen (secondary N) is 1. The van der Waals surface area contributed by atoms with Gasteiger partial charge in [-0.3, -0.25) is 14.2 Å². The number of Topliss-reactive ketones (excluding diaryl/α,β-unsaturated/α-hetero) is 1. The second-order valence-corrected chi connectivity index (χ2v) is 8.72. The molecule has 8 heteroatoms. The van der Waals surface area contributed by atoms with Gasteiger partial charge >= 0.3 is 0 Å². The highest BCUT2D eigenvalue weighted by Crippen LogP contribution is 2.25. The largest absolute Gasteiger partial charge is 0.345 e. The van der Waals surface area contributed by atoms with Crippen molar-refractivity contribution in [2.75, 3.05) is 5.75 Å². The Morgan fingerprint density at radius 3 is 2.45 bits per heavy atom. The van der Waals surface area contributed by atoms with E-state index in [-0.39, 0.29) is 24.0 Å². The SMILES string of the molecule is Cc1cccc(C(=O)NCc2nnc(SCC(=O)c3ccccc3)n2-c2cccc(Cl)c2)c1. The van der Waals surface area contributed by atoms with Crippen molar-refractivity contribution in [1.29, 1.82) is 0 Å². The summed E-state index contributed by atoms with van der Waals surface area (Å²) in [5, 5.41) is 12.6. The minimum atomic E-state index is -0.201. The average molecular weight is 477 g/mol. The number of thioether (sulfide) groups is 1. The maximum Gasteiger partial charge on any atom is 0.251 e. The standard InChI is InChI=1S/C25H21ClN4O2S/c1-17-7-5-10-19(13-17)24(32)27-15-23-28-29-25(30(23)21-12-6-11-20(26)14-21)33-16-22(31)18-8-3-2-4-9-18/h2-14H,15-16H2,1H3,(H,27,32). The zero-order valence-corrected chi connectivity index (χ0v) is 19.4. The Morgan fingerprint density at radius 2 is 1.70 bits per heavy atom. The Labute approximate surface area is 201 Å². The summed E-state index contributed by atoms with van der Waals surface area (Å²) >= 11 is 7.50. The Morgan fingerprint density at radius 1 is 0.939 bits per heavy atom. The van der Waals surface area contributed by atoms with Gasteiger partial charge in [0.25, 0.3) is 5.91 Å². The fourth-order valence-electron chi connectivity index (χ4n) is 3.27. The van der Waals surface area contributed by atoms with E-state index < -0.39 is 0 Å². The Kier molecular flexibility index (Phi) is 7.22. The molecule has 0 spiro atoms. The fraction of sp³-hybridized carbons (Fsp3) is 0.120. The number of amides is 1. The van der Waals surface area contributed by atoms with Crippen LogP contribution in [0.2, 0.25) is 5.02 Å². The third-order valence-corrected chi connectivity index (χ3v) is 6.05. The number of ketones is 1. The van der Waals surface area contributed by atoms with E-state index in [2.05, 4.69) is 15.5 Å². The molecular weight excluding hydrogens is 456 g/mol. The first-order valence-electron chi connectivity index (χ1n) is 10.3. The van der Waals surface area contributed by atoms with Gasteiger partial charge in [0.2, 0.25) is 0 Å². The second kappa shape index (κ2) is 10.5. The van der Waals surface area contributed by atoms with Gasteiger partial charge in [-0.15, -0.1) is 10.2 Å². The molecule has 0 radical (unpaired) electrons. The average Bonchev–Trinajstić information content (AvgIpc) is 3.24. The molecule has 6 nitrogen and oxygen atoms in total. The van der Waals surface area contributed by atoms with Gasteiger partial charge in [0.05, 0.1) is 18.0 Å². The molecule has 166 valence electrons. The van der Waals surface area contributed by atoms with Crippen LogP contribution in [0.15, 0.2) is 84.0 Å². The molecule has 4 rings (SSSR count). The van der Waals surface area contributed by atoms with E-state index in [1.165, 1.54) is 11.8 Å². The van der Waals surface area contributed by atoms with Crippen LogP contribution in [0.5, 0.6) is 0 Å². The van der Waals surface area contributed by atoms with E-state index in [9.17, 15) is 9.59 Å². The molecule has 0 saturated heterocycles. The van der Waals surface area contributed by atoms with Crippen molar-refractivity contribution >= 4 is 35.1 Å². The van der Waals surface area contributed by atoms with Crippen LogP contribution in [0.1, 0.15) is 32.1 Å². The van der Waals surface area contributed by atoms with E-state index in [0.29, 0.717) is 27.1 Å². The highest BCUT2D eigenvalue weighted by atomic mass is 35.5. The van der Waals surface area contributed by atoms with Crippen molar-refractivity contribution in [3.8, 4) is 5.69 Å². The molecule has 0 aliphatic carbocycles. The number of hydrogen-bond donors (Lipinski definition) is 1. The smallest absolute Gasteiger partial charge is 0.251 e. The summed E-state index contributed by atoms with van der Waals surface area (Å²) in [5.41, 5.74) is 2.98. The van der Waals surface area contributed by atoms with Crippen molar-refractivity contribution in [1.82, 2.24) is 20.1 Å². The zero-order chi connectivity index (χ0) is 23.2. The fourth-order valence-corrected chi connectivity index (χ4v) is 4.32. The van der Waals surface area contributed by atoms with Crippen molar-refractivity contribution in [3.05, 3.63) is 106 Å². The summed E-state index contributed by atoms with van der Waals surface area (Å²) in [6.45, 7) is 2.10. The lowest BCUT2D eigenvalue weighted by Gasteiger charge is -2.11. The molecule has 0 saturated carbocycles. The number of benzene rings is 3. The first-order chi connectivity index (χ1) is 16.0. The van der Waals surface area contributed by atoms with E-state index in [1.807, 2.05) is 60.0 Å². The van der Waals surface area contributed by atoms with E-state index in [1.54, 1.807) is 30.3 Å². The van der Waals surface area contributed by atoms with Crippen molar-refractivity contribution in [2.24, 2.45) is 0 Å². The van der Waals surface area contributed by atoms with Crippen LogP contribution in [0.25, 0.3) is 5.69 Å². The molecule has 0 unspecified atom stereocenters. The summed E-state index contributed by atoms with van der Waals surface area (Å²) in [5.74, 6) is 0.537. The number of carbonyl (C=O) groups is 2. The molecule has 33 heavy (non-hydrogen) atoms. The first-order valence-corrected chi connectivity index (χ1v) is 11.6. The molecule has 1 aromatic heterocycles. The molecule has 1 N–H and O–H groups in total. The molecule has 0 fully saturated rings. The lowest BCUT2D eigenvalue weighted by Crippen LogP contribution is -2.24. The van der Waals surface area contributed by atoms with E-state index in [0.717, 1.165) is 11.3 Å². The normalized spacial score (nSPS) is 10.7. The minimum Gasteiger partial charge on any atom is -0.345 e. The van der Waals surface area contributed by atoms with Crippen molar-refractivity contribution in [2.45, 2.75) is 18.6 Å². The number of rotatable bonds is 8. The molecule has 0 aliphatic heterocycles. The van der Waals surface area contributed by atoms with Crippen LogP contribution in [0, 0.1) is 6.92 Å². The summed E-state index contributed by atoms with van der Waals surface area (Å²) in [6.07, 6.45) is 0. The van der Waals surface area contributed by atoms with Crippen LogP contribution >= 0.6 is 23.4 Å². The number of aryl methyl sites for hydroxylation is 1. The van der Waals surface area contributed by atoms with Gasteiger partial charge in [-0.25, -0.2) is 0 Å². The predicted molar refractivity (Wildman–Crippen MR) is 130 cm³/mol. The minimum absolute atomic E-state index is 0.00413. The zero-order valence-electron chi connectivity index (χ0n) is 17.9. The van der Waals surface area contributed by atoms with Gasteiger partial charge < -0.3 is 5.32 Å². The Bertz CT molecular complexity index is 1290. The Balaban J connectivity index is 1.56. The summed E-state index contributed by atoms with van der Waals surface area (Å²) < 4.78 is 1.81. The Hall–Kier alpha value is -3.42. The van der Waals surface area contributed by atoms with Crippen LogP contribution in [0.4, 0.5) is 0 Å². The van der Waals surface area contributed by atoms with Crippen LogP contribution in [-0.2, 0) is 6.54 Å². The first kappa shape index (κ1) is 22.8. The van der Waals surface area contributed by atoms with E-state index in [4.69, 9.17) is 11.6 Å². The van der Waals surface area contributed by atoms with Crippen LogP contribution in [-0.4, -0.2) is 32.2 Å². The van der Waals surface area contributed by atoms with Gasteiger partial charge in [-0.05, 0) is 37.3 Å². The molecule has 1 amide bonds. The maximum atomic E-state index is 12.6. The molecule has 4 aromatic rings. The van der Waals surface area contributed by atoms with E-state index >= 15 is 0 Å². The lowest BCUT2D eigenvalue weighted by atomic mass is 10.1. The number of halogens is 1. The molecule has 3 aromatic carbocycles. The van der Waals surface area contributed by atoms with Crippen LogP contribution in [0.3, 0.4) is 0 Å². The lowest BCUT2D eigenvalue weighted by molar-refractivity contribution is 0.0948. The molecule has 0 aliphatic rings. The van der Waals surface area contributed by atoms with Crippen molar-refractivity contribution in [3.63, 3.8) is 0 Å². The third kappa shape index (κ3) is 5.69. The van der Waals surface area contributed by atoms with Gasteiger partial charge in [0.1, 0.15) is 0 Å². The highest BCUT2D eigenvalue weighted by molar-refractivity contribution is 7.99. The topological polar surface area (TPSA) is 76.9 Å². The van der Waals surface area contributed by atoms with Crippen molar-refractivity contribution < 1.29 is 9.59 Å². The number of nitrogens with zero attached hydrogens (tertiary/aromatic N) is 3. The summed E-state index contributed by atoms with van der Waals surface area (Å²) in [6, 6.07) is 23.8. The van der Waals surface area contributed by atoms with Gasteiger partial charge in [0, 0.05) is 16.1 Å².